The Morgan fingerprint density at radius 3 is 2.34 bits per heavy atom. The highest BCUT2D eigenvalue weighted by molar-refractivity contribution is 5.89. The van der Waals surface area contributed by atoms with E-state index in [4.69, 9.17) is 14.2 Å². The van der Waals surface area contributed by atoms with E-state index in [-0.39, 0.29) is 11.5 Å². The van der Waals surface area contributed by atoms with Gasteiger partial charge in [-0.2, -0.15) is 0 Å². The summed E-state index contributed by atoms with van der Waals surface area (Å²) in [5, 5.41) is 0.434. The lowest BCUT2D eigenvalue weighted by Gasteiger charge is -2.32. The molecule has 1 aliphatic heterocycles. The lowest BCUT2D eigenvalue weighted by molar-refractivity contribution is -0.134. The van der Waals surface area contributed by atoms with Crippen molar-refractivity contribution in [2.24, 2.45) is 11.8 Å². The van der Waals surface area contributed by atoms with E-state index in [0.29, 0.717) is 46.5 Å². The van der Waals surface area contributed by atoms with Crippen molar-refractivity contribution in [3.63, 3.8) is 0 Å². The van der Waals surface area contributed by atoms with Crippen LogP contribution in [0.4, 0.5) is 0 Å². The maximum atomic E-state index is 13.1. The Labute approximate surface area is 169 Å². The van der Waals surface area contributed by atoms with Crippen molar-refractivity contribution in [1.82, 2.24) is 14.5 Å². The van der Waals surface area contributed by atoms with Gasteiger partial charge in [-0.1, -0.05) is 0 Å². The molecule has 8 heteroatoms. The van der Waals surface area contributed by atoms with E-state index in [0.717, 1.165) is 38.8 Å². The Kier molecular flexibility index (Phi) is 5.34. The second kappa shape index (κ2) is 7.93. The van der Waals surface area contributed by atoms with Crippen molar-refractivity contribution in [1.29, 1.82) is 0 Å². The van der Waals surface area contributed by atoms with Gasteiger partial charge in [0.05, 0.1) is 33.0 Å². The number of hydrogen-bond donors (Lipinski definition) is 0. The zero-order chi connectivity index (χ0) is 20.5. The smallest absolute Gasteiger partial charge is 0.261 e. The molecule has 156 valence electrons. The second-order valence-electron chi connectivity index (χ2n) is 7.79. The van der Waals surface area contributed by atoms with E-state index in [9.17, 15) is 9.59 Å². The van der Waals surface area contributed by atoms with Gasteiger partial charge in [-0.15, -0.1) is 0 Å². The molecule has 2 fully saturated rings. The molecule has 0 atom stereocenters. The summed E-state index contributed by atoms with van der Waals surface area (Å²) < 4.78 is 17.8. The Hall–Kier alpha value is -2.77. The van der Waals surface area contributed by atoms with E-state index in [1.165, 1.54) is 21.3 Å². The number of amides is 1. The van der Waals surface area contributed by atoms with Gasteiger partial charge >= 0.3 is 0 Å². The molecule has 0 N–H and O–H groups in total. The minimum atomic E-state index is -0.134. The largest absolute Gasteiger partial charge is 0.493 e. The Morgan fingerprint density at radius 1 is 1.07 bits per heavy atom. The third kappa shape index (κ3) is 3.63. The van der Waals surface area contributed by atoms with Crippen LogP contribution in [0.2, 0.25) is 0 Å². The van der Waals surface area contributed by atoms with Crippen LogP contribution in [0.25, 0.3) is 10.9 Å². The average molecular weight is 401 g/mol. The molecule has 4 rings (SSSR count). The third-order valence-corrected chi connectivity index (χ3v) is 5.93. The molecule has 0 radical (unpaired) electrons. The fourth-order valence-electron chi connectivity index (χ4n) is 4.10. The van der Waals surface area contributed by atoms with Gasteiger partial charge < -0.3 is 19.1 Å². The highest BCUT2D eigenvalue weighted by Gasteiger charge is 2.35. The summed E-state index contributed by atoms with van der Waals surface area (Å²) in [5.74, 6) is 2.15. The van der Waals surface area contributed by atoms with E-state index >= 15 is 0 Å². The zero-order valence-corrected chi connectivity index (χ0v) is 17.1. The lowest BCUT2D eigenvalue weighted by Crippen LogP contribution is -2.40. The fraction of sp³-hybridized carbons (Fsp3) is 0.571. The predicted molar refractivity (Wildman–Crippen MR) is 108 cm³/mol. The van der Waals surface area contributed by atoms with Crippen molar-refractivity contribution in [2.75, 3.05) is 34.4 Å². The van der Waals surface area contributed by atoms with E-state index in [1.807, 2.05) is 4.90 Å². The van der Waals surface area contributed by atoms with Crippen LogP contribution in [0.5, 0.6) is 17.2 Å². The molecule has 1 saturated carbocycles. The molecular weight excluding hydrogens is 374 g/mol. The van der Waals surface area contributed by atoms with Gasteiger partial charge in [-0.25, -0.2) is 4.98 Å². The molecule has 1 aromatic heterocycles. The topological polar surface area (TPSA) is 82.9 Å². The first-order chi connectivity index (χ1) is 14.1. The summed E-state index contributed by atoms with van der Waals surface area (Å²) in [6.45, 7) is 2.13. The van der Waals surface area contributed by atoms with Crippen molar-refractivity contribution in [3.05, 3.63) is 22.7 Å². The number of hydrogen-bond acceptors (Lipinski definition) is 6. The number of benzene rings is 1. The van der Waals surface area contributed by atoms with Gasteiger partial charge in [-0.05, 0) is 37.7 Å². The number of rotatable bonds is 6. The van der Waals surface area contributed by atoms with Crippen LogP contribution in [0, 0.1) is 11.8 Å². The molecule has 1 aromatic carbocycles. The summed E-state index contributed by atoms with van der Waals surface area (Å²) in [7, 11) is 4.56. The van der Waals surface area contributed by atoms with Crippen molar-refractivity contribution in [2.45, 2.75) is 32.2 Å². The molecule has 2 aliphatic rings. The second-order valence-corrected chi connectivity index (χ2v) is 7.79. The number of carbonyl (C=O) groups is 1. The number of piperidine rings is 1. The molecule has 1 aliphatic carbocycles. The van der Waals surface area contributed by atoms with Gasteiger partial charge in [0.1, 0.15) is 5.52 Å². The van der Waals surface area contributed by atoms with Crippen LogP contribution in [-0.2, 0) is 11.3 Å². The summed E-state index contributed by atoms with van der Waals surface area (Å²) in [4.78, 5) is 31.8. The molecule has 0 bridgehead atoms. The van der Waals surface area contributed by atoms with Gasteiger partial charge in [0.15, 0.2) is 11.5 Å². The van der Waals surface area contributed by atoms with Crippen molar-refractivity contribution >= 4 is 16.8 Å². The number of carbonyl (C=O) groups excluding carboxylic acids is 1. The van der Waals surface area contributed by atoms with Gasteiger partial charge in [0.2, 0.25) is 11.7 Å². The highest BCUT2D eigenvalue weighted by Crippen LogP contribution is 2.41. The summed E-state index contributed by atoms with van der Waals surface area (Å²) in [5.41, 5.74) is 0.321. The molecule has 2 aromatic rings. The van der Waals surface area contributed by atoms with E-state index in [2.05, 4.69) is 4.98 Å². The monoisotopic (exact) mass is 401 g/mol. The third-order valence-electron chi connectivity index (χ3n) is 5.93. The molecule has 8 nitrogen and oxygen atoms in total. The fourth-order valence-corrected chi connectivity index (χ4v) is 4.10. The number of likely N-dealkylation sites (tertiary alicyclic amines) is 1. The van der Waals surface area contributed by atoms with E-state index in [1.54, 1.807) is 17.0 Å². The number of aromatic nitrogens is 2. The highest BCUT2D eigenvalue weighted by atomic mass is 16.5. The maximum Gasteiger partial charge on any atom is 0.261 e. The van der Waals surface area contributed by atoms with E-state index < -0.39 is 0 Å². The Morgan fingerprint density at radius 2 is 1.76 bits per heavy atom. The number of nitrogens with zero attached hydrogens (tertiary/aromatic N) is 3. The summed E-state index contributed by atoms with van der Waals surface area (Å²) in [6.07, 6.45) is 5.44. The van der Waals surface area contributed by atoms with Gasteiger partial charge in [0.25, 0.3) is 5.56 Å². The van der Waals surface area contributed by atoms with Crippen LogP contribution < -0.4 is 19.8 Å². The summed E-state index contributed by atoms with van der Waals surface area (Å²) in [6, 6.07) is 1.65. The normalized spacial score (nSPS) is 17.4. The van der Waals surface area contributed by atoms with Gasteiger partial charge in [-0.3, -0.25) is 14.2 Å². The SMILES string of the molecule is COc1cc2c(=O)n(CC3CCN(C(=O)C4CC4)CC3)cnc2c(OC)c1OC. The van der Waals surface area contributed by atoms with Crippen LogP contribution in [0.15, 0.2) is 17.2 Å². The van der Waals surface area contributed by atoms with Gasteiger partial charge in [0, 0.05) is 25.6 Å². The first-order valence-corrected chi connectivity index (χ1v) is 10.0. The molecule has 0 unspecified atom stereocenters. The molecule has 2 heterocycles. The van der Waals surface area contributed by atoms with Crippen LogP contribution in [0.1, 0.15) is 25.7 Å². The molecule has 0 spiro atoms. The van der Waals surface area contributed by atoms with Crippen molar-refractivity contribution in [3.8, 4) is 17.2 Å². The van der Waals surface area contributed by atoms with Crippen molar-refractivity contribution < 1.29 is 19.0 Å². The minimum Gasteiger partial charge on any atom is -0.493 e. The molecule has 1 amide bonds. The van der Waals surface area contributed by atoms with Crippen LogP contribution in [0.3, 0.4) is 0 Å². The molecular formula is C21H27N3O5. The predicted octanol–water partition coefficient (Wildman–Crippen LogP) is 2.07. The summed E-state index contributed by atoms with van der Waals surface area (Å²) >= 11 is 0. The number of fused-ring (bicyclic) bond motifs is 1. The maximum absolute atomic E-state index is 13.1. The standard InChI is InChI=1S/C21H27N3O5/c1-27-16-10-15-17(19(29-3)18(16)28-2)22-12-24(21(15)26)11-13-6-8-23(9-7-13)20(25)14-4-5-14/h10,12-14H,4-9,11H2,1-3H3. The zero-order valence-electron chi connectivity index (χ0n) is 17.1. The van der Waals surface area contributed by atoms with Crippen LogP contribution >= 0.6 is 0 Å². The first kappa shape index (κ1) is 19.5. The minimum absolute atomic E-state index is 0.134. The average Bonchev–Trinajstić information content (AvgIpc) is 3.59. The quantitative estimate of drug-likeness (QED) is 0.737. The number of ether oxygens (including phenoxy) is 3. The molecule has 1 saturated heterocycles. The first-order valence-electron chi connectivity index (χ1n) is 10.0. The Bertz CT molecular complexity index is 974. The van der Waals surface area contributed by atoms with Crippen LogP contribution in [-0.4, -0.2) is 54.8 Å². The lowest BCUT2D eigenvalue weighted by atomic mass is 9.96. The number of methoxy groups -OCH3 is 3. The molecule has 29 heavy (non-hydrogen) atoms. The Balaban J connectivity index is 1.56.